The summed E-state index contributed by atoms with van der Waals surface area (Å²) in [6.45, 7) is -1.33. The van der Waals surface area contributed by atoms with Crippen molar-refractivity contribution in [2.24, 2.45) is 0 Å². The lowest BCUT2D eigenvalue weighted by atomic mass is 9.93. The summed E-state index contributed by atoms with van der Waals surface area (Å²) in [5, 5.41) is 11.5. The van der Waals surface area contributed by atoms with Gasteiger partial charge in [-0.1, -0.05) is 60.7 Å². The summed E-state index contributed by atoms with van der Waals surface area (Å²) in [7, 11) is -3.13. The van der Waals surface area contributed by atoms with Gasteiger partial charge in [0, 0.05) is 11.8 Å². The van der Waals surface area contributed by atoms with Crippen LogP contribution in [-0.2, 0) is 22.1 Å². The van der Waals surface area contributed by atoms with Gasteiger partial charge in [0.15, 0.2) is 0 Å². The number of fused-ring (bicyclic) bond motifs is 2. The second-order valence-electron chi connectivity index (χ2n) is 8.82. The van der Waals surface area contributed by atoms with E-state index in [0.29, 0.717) is 28.0 Å². The molecular weight excluding hydrogens is 566 g/mol. The molecule has 0 heterocycles. The minimum atomic E-state index is -6.02. The lowest BCUT2D eigenvalue weighted by molar-refractivity contribution is -0.371. The number of benzene rings is 4. The molecule has 0 atom stereocenters. The van der Waals surface area contributed by atoms with Gasteiger partial charge in [0.1, 0.15) is 5.75 Å². The van der Waals surface area contributed by atoms with Crippen molar-refractivity contribution in [2.45, 2.75) is 30.8 Å². The number of hydrogen-bond donors (Lipinski definition) is 2. The van der Waals surface area contributed by atoms with Gasteiger partial charge in [-0.15, -0.1) is 0 Å². The van der Waals surface area contributed by atoms with Crippen LogP contribution in [-0.4, -0.2) is 44.1 Å². The van der Waals surface area contributed by atoms with Gasteiger partial charge in [-0.25, -0.2) is 4.79 Å². The fourth-order valence-electron chi connectivity index (χ4n) is 4.37. The molecule has 0 amide bonds. The number of halogens is 6. The first-order valence-corrected chi connectivity index (χ1v) is 12.7. The number of carbonyl (C=O) groups is 1. The molecule has 0 saturated carbocycles. The van der Waals surface area contributed by atoms with Crippen LogP contribution in [0.4, 0.5) is 26.3 Å². The molecular formula is C27H20F6O6S. The molecule has 1 N–H and O–H groups in total. The fraction of sp³-hybridized carbons (Fsp3) is 0.222. The van der Waals surface area contributed by atoms with Gasteiger partial charge < -0.3 is 14.0 Å². The second-order valence-corrected chi connectivity index (χ2v) is 9.45. The molecule has 212 valence electrons. The van der Waals surface area contributed by atoms with E-state index in [1.807, 2.05) is 6.07 Å². The Balaban J connectivity index is 1.62. The lowest BCUT2D eigenvalue weighted by Crippen LogP contribution is -2.57. The molecule has 13 heteroatoms. The molecule has 0 spiro atoms. The highest BCUT2D eigenvalue weighted by Gasteiger charge is 2.70. The van der Waals surface area contributed by atoms with Crippen molar-refractivity contribution in [1.29, 1.82) is 0 Å². The number of aliphatic hydroxyl groups is 1. The maximum atomic E-state index is 12.9. The molecule has 0 radical (unpaired) electrons. The van der Waals surface area contributed by atoms with E-state index in [2.05, 4.69) is 0 Å². The van der Waals surface area contributed by atoms with E-state index < -0.39 is 47.9 Å². The Kier molecular flexibility index (Phi) is 7.99. The summed E-state index contributed by atoms with van der Waals surface area (Å²) in [6, 6.07) is 19.6. The number of thiol groups is 1. The molecule has 0 fully saturated rings. The van der Waals surface area contributed by atoms with Crippen LogP contribution >= 0.6 is 0 Å². The molecule has 0 bridgehead atoms. The zero-order valence-electron chi connectivity index (χ0n) is 20.3. The Hall–Kier alpha value is -3.84. The van der Waals surface area contributed by atoms with Gasteiger partial charge in [-0.2, -0.15) is 34.8 Å². The molecule has 6 nitrogen and oxygen atoms in total. The third kappa shape index (κ3) is 5.70. The standard InChI is InChI=1S/C27H20F6O6S/c28-26(29,30)25(35,27(31,32)33)13-14-38-24(34)22-12-11-17(18-6-1-2-7-20(18)22)15-16-5-3-9-21-19(16)8-4-10-23(21)39-40(36)37/h1-12,35,40H,13-15H2. The van der Waals surface area contributed by atoms with Crippen molar-refractivity contribution in [3.8, 4) is 5.75 Å². The van der Waals surface area contributed by atoms with Gasteiger partial charge in [0.25, 0.3) is 16.6 Å². The number of esters is 1. The SMILES string of the molecule is O=C(OCCC(O)(C(F)(F)F)C(F)(F)F)c1ccc(Cc2cccc3c(O[SH](=O)=O)cccc23)c2ccccc12. The van der Waals surface area contributed by atoms with Gasteiger partial charge in [-0.3, -0.25) is 0 Å². The Morgan fingerprint density at radius 1 is 0.725 bits per heavy atom. The maximum absolute atomic E-state index is 12.9. The van der Waals surface area contributed by atoms with Crippen molar-refractivity contribution < 1.29 is 53.6 Å². The van der Waals surface area contributed by atoms with E-state index in [0.717, 1.165) is 11.1 Å². The van der Waals surface area contributed by atoms with E-state index in [-0.39, 0.29) is 11.3 Å². The minimum Gasteiger partial charge on any atom is -0.462 e. The average molecular weight is 587 g/mol. The van der Waals surface area contributed by atoms with E-state index >= 15 is 0 Å². The van der Waals surface area contributed by atoms with Crippen LogP contribution in [0.1, 0.15) is 27.9 Å². The van der Waals surface area contributed by atoms with Crippen LogP contribution in [0.25, 0.3) is 21.5 Å². The maximum Gasteiger partial charge on any atom is 0.426 e. The van der Waals surface area contributed by atoms with Gasteiger partial charge in [0.2, 0.25) is 0 Å². The topological polar surface area (TPSA) is 89.9 Å². The highest BCUT2D eigenvalue weighted by Crippen LogP contribution is 2.45. The van der Waals surface area contributed by atoms with Gasteiger partial charge >= 0.3 is 18.3 Å². The van der Waals surface area contributed by atoms with Crippen molar-refractivity contribution in [2.75, 3.05) is 6.61 Å². The molecule has 0 unspecified atom stereocenters. The minimum absolute atomic E-state index is 0.0882. The van der Waals surface area contributed by atoms with Crippen molar-refractivity contribution in [3.63, 3.8) is 0 Å². The highest BCUT2D eigenvalue weighted by atomic mass is 32.2. The second kappa shape index (κ2) is 11.0. The molecule has 0 aliphatic heterocycles. The molecule has 4 rings (SSSR count). The Morgan fingerprint density at radius 3 is 1.93 bits per heavy atom. The first-order valence-electron chi connectivity index (χ1n) is 11.6. The quantitative estimate of drug-likeness (QED) is 0.152. The average Bonchev–Trinajstić information content (AvgIpc) is 2.87. The fourth-order valence-corrected chi connectivity index (χ4v) is 4.69. The predicted octanol–water partition coefficient (Wildman–Crippen LogP) is 5.89. The van der Waals surface area contributed by atoms with Crippen LogP contribution in [0.3, 0.4) is 0 Å². The summed E-state index contributed by atoms with van der Waals surface area (Å²) < 4.78 is 109. The van der Waals surface area contributed by atoms with E-state index in [4.69, 9.17) is 8.92 Å². The van der Waals surface area contributed by atoms with Gasteiger partial charge in [-0.05, 0) is 45.8 Å². The predicted molar refractivity (Wildman–Crippen MR) is 134 cm³/mol. The van der Waals surface area contributed by atoms with Crippen molar-refractivity contribution >= 4 is 38.5 Å². The summed E-state index contributed by atoms with van der Waals surface area (Å²) >= 11 is 0. The number of ether oxygens (including phenoxy) is 1. The van der Waals surface area contributed by atoms with Crippen molar-refractivity contribution in [3.05, 3.63) is 89.5 Å². The van der Waals surface area contributed by atoms with Crippen LogP contribution in [0.2, 0.25) is 0 Å². The zero-order valence-corrected chi connectivity index (χ0v) is 21.1. The normalized spacial score (nSPS) is 12.7. The third-order valence-corrected chi connectivity index (χ3v) is 6.74. The first kappa shape index (κ1) is 29.2. The molecule has 4 aromatic rings. The van der Waals surface area contributed by atoms with Crippen molar-refractivity contribution in [1.82, 2.24) is 0 Å². The van der Waals surface area contributed by atoms with E-state index in [1.54, 1.807) is 54.6 Å². The number of hydrogen-bond acceptors (Lipinski definition) is 6. The Morgan fingerprint density at radius 2 is 1.27 bits per heavy atom. The van der Waals surface area contributed by atoms with E-state index in [9.17, 15) is 44.7 Å². The molecule has 0 aliphatic rings. The van der Waals surface area contributed by atoms with Crippen LogP contribution in [0.5, 0.6) is 5.75 Å². The molecule has 4 aromatic carbocycles. The number of carbonyl (C=O) groups excluding carboxylic acids is 1. The lowest BCUT2D eigenvalue weighted by Gasteiger charge is -2.32. The molecule has 40 heavy (non-hydrogen) atoms. The Bertz CT molecular complexity index is 1620. The zero-order chi connectivity index (χ0) is 29.3. The Labute approximate surface area is 224 Å². The van der Waals surface area contributed by atoms with E-state index in [1.165, 1.54) is 12.1 Å². The summed E-state index contributed by atoms with van der Waals surface area (Å²) in [5.41, 5.74) is -3.60. The van der Waals surface area contributed by atoms with Crippen LogP contribution in [0.15, 0.2) is 72.8 Å². The summed E-state index contributed by atoms with van der Waals surface area (Å²) in [4.78, 5) is 12.7. The monoisotopic (exact) mass is 586 g/mol. The number of alkyl halides is 6. The van der Waals surface area contributed by atoms with Crippen LogP contribution < -0.4 is 4.18 Å². The molecule has 0 aliphatic carbocycles. The smallest absolute Gasteiger partial charge is 0.426 e. The first-order chi connectivity index (χ1) is 18.7. The molecule has 0 saturated heterocycles. The number of rotatable bonds is 8. The largest absolute Gasteiger partial charge is 0.462 e. The summed E-state index contributed by atoms with van der Waals surface area (Å²) in [5.74, 6) is -1.01. The third-order valence-electron chi connectivity index (χ3n) is 6.40. The highest BCUT2D eigenvalue weighted by molar-refractivity contribution is 7.67. The summed E-state index contributed by atoms with van der Waals surface area (Å²) in [6.07, 6.45) is -13.6. The van der Waals surface area contributed by atoms with Gasteiger partial charge in [0.05, 0.1) is 12.2 Å². The van der Waals surface area contributed by atoms with Crippen LogP contribution in [0, 0.1) is 0 Å². The molecule has 0 aromatic heterocycles.